The van der Waals surface area contributed by atoms with E-state index in [1.807, 2.05) is 0 Å². The second-order valence-corrected chi connectivity index (χ2v) is 5.17. The summed E-state index contributed by atoms with van der Waals surface area (Å²) in [5.74, 6) is 0.428. The van der Waals surface area contributed by atoms with Gasteiger partial charge in [-0.3, -0.25) is 13.6 Å². The van der Waals surface area contributed by atoms with Crippen LogP contribution in [0.4, 0.5) is 0 Å². The summed E-state index contributed by atoms with van der Waals surface area (Å²) in [7, 11) is -0.750. The summed E-state index contributed by atoms with van der Waals surface area (Å²) in [5, 5.41) is 0. The van der Waals surface area contributed by atoms with E-state index in [1.54, 1.807) is 0 Å². The minimum atomic E-state index is -3.34. The molecular formula is C8H17O5P. The third kappa shape index (κ3) is 3.04. The maximum absolute atomic E-state index is 11.5. The van der Waals surface area contributed by atoms with Crippen LogP contribution in [0, 0.1) is 5.92 Å². The molecule has 2 atom stereocenters. The molecule has 1 fully saturated rings. The summed E-state index contributed by atoms with van der Waals surface area (Å²) in [4.78, 5) is 0. The molecule has 1 heterocycles. The first-order chi connectivity index (χ1) is 6.61. The van der Waals surface area contributed by atoms with Gasteiger partial charge < -0.3 is 4.74 Å². The Hall–Kier alpha value is 0.0700. The van der Waals surface area contributed by atoms with Gasteiger partial charge in [-0.15, -0.1) is 0 Å². The number of hydrogen-bond acceptors (Lipinski definition) is 5. The molecule has 0 aromatic carbocycles. The zero-order chi connectivity index (χ0) is 10.6. The Balaban J connectivity index is 2.35. The maximum Gasteiger partial charge on any atom is 0.474 e. The second-order valence-electron chi connectivity index (χ2n) is 3.28. The molecule has 0 amide bonds. The molecule has 1 aliphatic heterocycles. The van der Waals surface area contributed by atoms with Crippen molar-refractivity contribution in [1.29, 1.82) is 0 Å². The smallest absolute Gasteiger partial charge is 0.376 e. The molecule has 84 valence electrons. The quantitative estimate of drug-likeness (QED) is 0.667. The van der Waals surface area contributed by atoms with E-state index in [2.05, 4.69) is 16.0 Å². The fraction of sp³-hybridized carbons (Fsp3) is 1.00. The number of phosphoric ester groups is 1. The van der Waals surface area contributed by atoms with E-state index in [1.165, 1.54) is 14.2 Å². The monoisotopic (exact) mass is 224 g/mol. The van der Waals surface area contributed by atoms with Gasteiger partial charge in [0.25, 0.3) is 0 Å². The number of hydrogen-bond donors (Lipinski definition) is 0. The minimum absolute atomic E-state index is 0.00590. The van der Waals surface area contributed by atoms with Crippen LogP contribution in [0.15, 0.2) is 0 Å². The molecule has 5 nitrogen and oxygen atoms in total. The molecule has 0 spiro atoms. The van der Waals surface area contributed by atoms with Gasteiger partial charge in [-0.2, -0.15) is 0 Å². The van der Waals surface area contributed by atoms with E-state index < -0.39 is 7.82 Å². The third-order valence-electron chi connectivity index (χ3n) is 2.38. The summed E-state index contributed by atoms with van der Waals surface area (Å²) in [6.45, 7) is 3.06. The van der Waals surface area contributed by atoms with E-state index in [-0.39, 0.29) is 12.7 Å². The van der Waals surface area contributed by atoms with Gasteiger partial charge in [-0.05, 0) is 12.3 Å². The van der Waals surface area contributed by atoms with E-state index in [0.29, 0.717) is 5.92 Å². The lowest BCUT2D eigenvalue weighted by molar-refractivity contribution is 0.0344. The van der Waals surface area contributed by atoms with Gasteiger partial charge in [-0.1, -0.05) is 6.92 Å². The Morgan fingerprint density at radius 2 is 2.07 bits per heavy atom. The third-order valence-corrected chi connectivity index (χ3v) is 3.74. The molecule has 0 aromatic heterocycles. The van der Waals surface area contributed by atoms with Crippen LogP contribution < -0.4 is 0 Å². The summed E-state index contributed by atoms with van der Waals surface area (Å²) >= 11 is 0. The maximum atomic E-state index is 11.5. The molecule has 0 radical (unpaired) electrons. The minimum Gasteiger partial charge on any atom is -0.376 e. The number of phosphoric acid groups is 1. The summed E-state index contributed by atoms with van der Waals surface area (Å²) in [6.07, 6.45) is 1.01. The van der Waals surface area contributed by atoms with Crippen LogP contribution in [0.1, 0.15) is 13.3 Å². The second kappa shape index (κ2) is 5.24. The van der Waals surface area contributed by atoms with Gasteiger partial charge in [-0.25, -0.2) is 4.57 Å². The van der Waals surface area contributed by atoms with Crippen LogP contribution in [0.25, 0.3) is 0 Å². The molecule has 1 rings (SSSR count). The van der Waals surface area contributed by atoms with E-state index in [4.69, 9.17) is 9.26 Å². The van der Waals surface area contributed by atoms with Crippen molar-refractivity contribution in [3.63, 3.8) is 0 Å². The SMILES string of the molecule is COP(=O)(OC)OC[C@H]1OCCC1C. The largest absolute Gasteiger partial charge is 0.474 e. The van der Waals surface area contributed by atoms with Gasteiger partial charge in [0.05, 0.1) is 12.7 Å². The first-order valence-electron chi connectivity index (χ1n) is 4.59. The molecule has 6 heteroatoms. The Morgan fingerprint density at radius 1 is 1.43 bits per heavy atom. The molecule has 0 saturated carbocycles. The molecule has 0 bridgehead atoms. The van der Waals surface area contributed by atoms with Crippen molar-refractivity contribution in [3.05, 3.63) is 0 Å². The molecule has 1 aliphatic rings. The van der Waals surface area contributed by atoms with E-state index in [9.17, 15) is 4.57 Å². The van der Waals surface area contributed by atoms with Crippen LogP contribution in [0.5, 0.6) is 0 Å². The topological polar surface area (TPSA) is 54.0 Å². The van der Waals surface area contributed by atoms with Crippen molar-refractivity contribution in [3.8, 4) is 0 Å². The van der Waals surface area contributed by atoms with Crippen molar-refractivity contribution in [2.75, 3.05) is 27.4 Å². The normalized spacial score (nSPS) is 28.2. The average Bonchev–Trinajstić information content (AvgIpc) is 2.61. The zero-order valence-corrected chi connectivity index (χ0v) is 9.66. The number of ether oxygens (including phenoxy) is 1. The van der Waals surface area contributed by atoms with Crippen molar-refractivity contribution in [1.82, 2.24) is 0 Å². The lowest BCUT2D eigenvalue weighted by atomic mass is 10.1. The highest BCUT2D eigenvalue weighted by Gasteiger charge is 2.29. The molecule has 0 N–H and O–H groups in total. The first kappa shape index (κ1) is 12.1. The highest BCUT2D eigenvalue weighted by atomic mass is 31.2. The molecule has 0 aliphatic carbocycles. The van der Waals surface area contributed by atoms with E-state index in [0.717, 1.165) is 13.0 Å². The van der Waals surface area contributed by atoms with Gasteiger partial charge in [0.2, 0.25) is 0 Å². The molecule has 0 aromatic rings. The lowest BCUT2D eigenvalue weighted by Crippen LogP contribution is -2.20. The van der Waals surface area contributed by atoms with E-state index >= 15 is 0 Å². The van der Waals surface area contributed by atoms with Crippen molar-refractivity contribution in [2.24, 2.45) is 5.92 Å². The highest BCUT2D eigenvalue weighted by Crippen LogP contribution is 2.48. The standard InChI is InChI=1S/C8H17O5P/c1-7-4-5-12-8(7)6-13-14(9,10-2)11-3/h7-8H,4-6H2,1-3H3/t7?,8-/m1/s1. The molecule has 14 heavy (non-hydrogen) atoms. The van der Waals surface area contributed by atoms with Gasteiger partial charge in [0.1, 0.15) is 0 Å². The Kier molecular flexibility index (Phi) is 4.54. The predicted molar refractivity (Wildman–Crippen MR) is 51.1 cm³/mol. The Morgan fingerprint density at radius 3 is 2.50 bits per heavy atom. The van der Waals surface area contributed by atoms with Crippen LogP contribution >= 0.6 is 7.82 Å². The van der Waals surface area contributed by atoms with Gasteiger partial charge in [0, 0.05) is 20.8 Å². The average molecular weight is 224 g/mol. The van der Waals surface area contributed by atoms with Gasteiger partial charge in [0.15, 0.2) is 0 Å². The number of rotatable bonds is 5. The van der Waals surface area contributed by atoms with Crippen LogP contribution in [0.3, 0.4) is 0 Å². The highest BCUT2D eigenvalue weighted by molar-refractivity contribution is 7.48. The molecule has 1 saturated heterocycles. The Bertz CT molecular complexity index is 212. The van der Waals surface area contributed by atoms with Crippen molar-refractivity contribution in [2.45, 2.75) is 19.4 Å². The summed E-state index contributed by atoms with van der Waals surface area (Å²) in [6, 6.07) is 0. The molecule has 1 unspecified atom stereocenters. The van der Waals surface area contributed by atoms with Gasteiger partial charge >= 0.3 is 7.82 Å². The van der Waals surface area contributed by atoms with Crippen LogP contribution in [-0.2, 0) is 22.9 Å². The van der Waals surface area contributed by atoms with Crippen molar-refractivity contribution >= 4 is 7.82 Å². The first-order valence-corrected chi connectivity index (χ1v) is 6.05. The summed E-state index contributed by atoms with van der Waals surface area (Å²) < 4.78 is 31.2. The fourth-order valence-corrected chi connectivity index (χ4v) is 2.00. The zero-order valence-electron chi connectivity index (χ0n) is 8.76. The fourth-order valence-electron chi connectivity index (χ4n) is 1.31. The lowest BCUT2D eigenvalue weighted by Gasteiger charge is -2.18. The van der Waals surface area contributed by atoms with Crippen LogP contribution in [0.2, 0.25) is 0 Å². The predicted octanol–water partition coefficient (Wildman–Crippen LogP) is 1.83. The Labute approximate surface area is 84.3 Å². The van der Waals surface area contributed by atoms with Crippen LogP contribution in [-0.4, -0.2) is 33.5 Å². The summed E-state index contributed by atoms with van der Waals surface area (Å²) in [5.41, 5.74) is 0. The molecular weight excluding hydrogens is 207 g/mol. The van der Waals surface area contributed by atoms with Crippen molar-refractivity contribution < 1.29 is 22.9 Å².